The van der Waals surface area contributed by atoms with Crippen molar-refractivity contribution in [3.05, 3.63) is 64.7 Å². The van der Waals surface area contributed by atoms with Crippen molar-refractivity contribution in [2.75, 3.05) is 13.2 Å². The first-order valence-electron chi connectivity index (χ1n) is 6.90. The van der Waals surface area contributed by atoms with E-state index in [1.54, 1.807) is 0 Å². The summed E-state index contributed by atoms with van der Waals surface area (Å²) < 4.78 is 31.8. The second-order valence-corrected chi connectivity index (χ2v) is 5.00. The number of hydrogen-bond acceptors (Lipinski definition) is 2. The molecule has 0 saturated carbocycles. The molecule has 0 saturated heterocycles. The van der Waals surface area contributed by atoms with Crippen LogP contribution >= 0.6 is 0 Å². The fourth-order valence-electron chi connectivity index (χ4n) is 2.06. The molecule has 1 amide bonds. The van der Waals surface area contributed by atoms with E-state index >= 15 is 0 Å². The summed E-state index contributed by atoms with van der Waals surface area (Å²) in [5.74, 6) is -1.45. The molecule has 2 aromatic rings. The topological polar surface area (TPSA) is 38.3 Å². The summed E-state index contributed by atoms with van der Waals surface area (Å²) >= 11 is 0. The number of hydrogen-bond donors (Lipinski definition) is 1. The van der Waals surface area contributed by atoms with Gasteiger partial charge in [-0.05, 0) is 37.6 Å². The van der Waals surface area contributed by atoms with Crippen LogP contribution in [0.2, 0.25) is 0 Å². The van der Waals surface area contributed by atoms with Gasteiger partial charge in [-0.2, -0.15) is 0 Å². The van der Waals surface area contributed by atoms with Crippen LogP contribution in [0, 0.1) is 25.5 Å². The molecule has 0 fully saturated rings. The molecule has 0 unspecified atom stereocenters. The number of benzene rings is 2. The first kappa shape index (κ1) is 15.9. The van der Waals surface area contributed by atoms with Crippen LogP contribution in [0.4, 0.5) is 8.78 Å². The lowest BCUT2D eigenvalue weighted by atomic mass is 10.1. The fraction of sp³-hybridized carbons (Fsp3) is 0.235. The highest BCUT2D eigenvalue weighted by molar-refractivity contribution is 5.94. The number of carbonyl (C=O) groups is 1. The van der Waals surface area contributed by atoms with Gasteiger partial charge in [-0.25, -0.2) is 8.78 Å². The minimum atomic E-state index is -0.882. The Bertz CT molecular complexity index is 686. The van der Waals surface area contributed by atoms with Gasteiger partial charge in [0.1, 0.15) is 24.0 Å². The van der Waals surface area contributed by atoms with Crippen LogP contribution in [0.1, 0.15) is 21.5 Å². The molecule has 0 aliphatic rings. The molecule has 2 aromatic carbocycles. The summed E-state index contributed by atoms with van der Waals surface area (Å²) in [6, 6.07) is 8.65. The highest BCUT2D eigenvalue weighted by Gasteiger charge is 2.11. The van der Waals surface area contributed by atoms with E-state index in [-0.39, 0.29) is 18.7 Å². The van der Waals surface area contributed by atoms with Crippen LogP contribution in [0.5, 0.6) is 5.75 Å². The lowest BCUT2D eigenvalue weighted by molar-refractivity contribution is 0.0943. The summed E-state index contributed by atoms with van der Waals surface area (Å²) in [6.07, 6.45) is 0. The number of carbonyl (C=O) groups excluding carboxylic acids is 1. The molecule has 0 aromatic heterocycles. The predicted molar refractivity (Wildman–Crippen MR) is 80.1 cm³/mol. The van der Waals surface area contributed by atoms with Gasteiger partial charge in [-0.1, -0.05) is 17.7 Å². The van der Waals surface area contributed by atoms with E-state index in [0.717, 1.165) is 29.0 Å². The molecule has 0 aliphatic heterocycles. The van der Waals surface area contributed by atoms with E-state index in [2.05, 4.69) is 5.32 Å². The minimum Gasteiger partial charge on any atom is -0.491 e. The molecule has 0 spiro atoms. The van der Waals surface area contributed by atoms with Crippen LogP contribution in [-0.2, 0) is 0 Å². The van der Waals surface area contributed by atoms with Gasteiger partial charge >= 0.3 is 0 Å². The van der Waals surface area contributed by atoms with E-state index in [9.17, 15) is 13.6 Å². The van der Waals surface area contributed by atoms with E-state index in [4.69, 9.17) is 4.74 Å². The summed E-state index contributed by atoms with van der Waals surface area (Å²) in [7, 11) is 0. The molecular formula is C17H17F2NO2. The standard InChI is InChI=1S/C17H17F2NO2/c1-11-3-6-16(12(2)9-11)22-8-7-20-17(21)14-5-4-13(18)10-15(14)19/h3-6,9-10H,7-8H2,1-2H3,(H,20,21). The normalized spacial score (nSPS) is 10.4. The summed E-state index contributed by atoms with van der Waals surface area (Å²) in [5, 5.41) is 2.53. The Kier molecular flexibility index (Phi) is 5.09. The third-order valence-electron chi connectivity index (χ3n) is 3.15. The van der Waals surface area contributed by atoms with Crippen LogP contribution in [0.15, 0.2) is 36.4 Å². The van der Waals surface area contributed by atoms with Gasteiger partial charge in [0.05, 0.1) is 12.1 Å². The van der Waals surface area contributed by atoms with Gasteiger partial charge in [0, 0.05) is 6.07 Å². The highest BCUT2D eigenvalue weighted by atomic mass is 19.1. The van der Waals surface area contributed by atoms with Crippen molar-refractivity contribution in [3.63, 3.8) is 0 Å². The average Bonchev–Trinajstić information content (AvgIpc) is 2.45. The highest BCUT2D eigenvalue weighted by Crippen LogP contribution is 2.18. The van der Waals surface area contributed by atoms with Gasteiger partial charge in [-0.3, -0.25) is 4.79 Å². The van der Waals surface area contributed by atoms with Crippen LogP contribution in [-0.4, -0.2) is 19.1 Å². The maximum absolute atomic E-state index is 13.4. The van der Waals surface area contributed by atoms with Crippen LogP contribution in [0.25, 0.3) is 0 Å². The monoisotopic (exact) mass is 305 g/mol. The van der Waals surface area contributed by atoms with Crippen molar-refractivity contribution in [3.8, 4) is 5.75 Å². The number of ether oxygens (including phenoxy) is 1. The van der Waals surface area contributed by atoms with Gasteiger partial charge in [0.15, 0.2) is 0 Å². The van der Waals surface area contributed by atoms with Crippen molar-refractivity contribution in [2.45, 2.75) is 13.8 Å². The molecule has 116 valence electrons. The lowest BCUT2D eigenvalue weighted by Gasteiger charge is -2.10. The number of nitrogens with one attached hydrogen (secondary N) is 1. The summed E-state index contributed by atoms with van der Waals surface area (Å²) in [5.41, 5.74) is 1.97. The Morgan fingerprint density at radius 2 is 1.91 bits per heavy atom. The fourth-order valence-corrected chi connectivity index (χ4v) is 2.06. The molecular weight excluding hydrogens is 288 g/mol. The zero-order valence-corrected chi connectivity index (χ0v) is 12.5. The minimum absolute atomic E-state index is 0.187. The van der Waals surface area contributed by atoms with Crippen LogP contribution < -0.4 is 10.1 Å². The Hall–Kier alpha value is -2.43. The molecule has 2 rings (SSSR count). The van der Waals surface area contributed by atoms with Gasteiger partial charge in [0.2, 0.25) is 0 Å². The Labute approximate surface area is 127 Å². The Morgan fingerprint density at radius 3 is 2.59 bits per heavy atom. The molecule has 3 nitrogen and oxygen atoms in total. The second kappa shape index (κ2) is 7.02. The molecule has 0 aliphatic carbocycles. The van der Waals surface area contributed by atoms with Crippen molar-refractivity contribution in [1.29, 1.82) is 0 Å². The van der Waals surface area contributed by atoms with E-state index in [1.807, 2.05) is 32.0 Å². The molecule has 5 heteroatoms. The van der Waals surface area contributed by atoms with Crippen molar-refractivity contribution < 1.29 is 18.3 Å². The SMILES string of the molecule is Cc1ccc(OCCNC(=O)c2ccc(F)cc2F)c(C)c1. The first-order valence-corrected chi connectivity index (χ1v) is 6.90. The predicted octanol–water partition coefficient (Wildman–Crippen LogP) is 3.39. The Morgan fingerprint density at radius 1 is 1.14 bits per heavy atom. The number of amides is 1. The molecule has 1 N–H and O–H groups in total. The van der Waals surface area contributed by atoms with Crippen molar-refractivity contribution >= 4 is 5.91 Å². The number of aryl methyl sites for hydroxylation is 2. The maximum atomic E-state index is 13.4. The van der Waals surface area contributed by atoms with Gasteiger partial charge < -0.3 is 10.1 Å². The average molecular weight is 305 g/mol. The first-order chi connectivity index (χ1) is 10.5. The number of rotatable bonds is 5. The molecule has 22 heavy (non-hydrogen) atoms. The third kappa shape index (κ3) is 4.04. The smallest absolute Gasteiger partial charge is 0.254 e. The quantitative estimate of drug-likeness (QED) is 0.860. The van der Waals surface area contributed by atoms with E-state index in [0.29, 0.717) is 6.07 Å². The summed E-state index contributed by atoms with van der Waals surface area (Å²) in [4.78, 5) is 11.8. The Balaban J connectivity index is 1.84. The largest absolute Gasteiger partial charge is 0.491 e. The van der Waals surface area contributed by atoms with Crippen molar-refractivity contribution in [1.82, 2.24) is 5.32 Å². The van der Waals surface area contributed by atoms with Crippen LogP contribution in [0.3, 0.4) is 0 Å². The van der Waals surface area contributed by atoms with Gasteiger partial charge in [-0.15, -0.1) is 0 Å². The van der Waals surface area contributed by atoms with Crippen molar-refractivity contribution in [2.24, 2.45) is 0 Å². The van der Waals surface area contributed by atoms with Gasteiger partial charge in [0.25, 0.3) is 5.91 Å². The zero-order chi connectivity index (χ0) is 16.1. The maximum Gasteiger partial charge on any atom is 0.254 e. The molecule has 0 atom stereocenters. The molecule has 0 heterocycles. The van der Waals surface area contributed by atoms with E-state index in [1.165, 1.54) is 0 Å². The number of halogens is 2. The third-order valence-corrected chi connectivity index (χ3v) is 3.15. The van der Waals surface area contributed by atoms with E-state index < -0.39 is 17.5 Å². The zero-order valence-electron chi connectivity index (χ0n) is 12.5. The molecule has 0 bridgehead atoms. The lowest BCUT2D eigenvalue weighted by Crippen LogP contribution is -2.28. The second-order valence-electron chi connectivity index (χ2n) is 5.00. The molecule has 0 radical (unpaired) electrons. The summed E-state index contributed by atoms with van der Waals surface area (Å²) in [6.45, 7) is 4.42.